The Hall–Kier alpha value is -4.16. The molecule has 2 aliphatic rings. The molecule has 15 nitrogen and oxygen atoms in total. The third-order valence-electron chi connectivity index (χ3n) is 9.15. The topological polar surface area (TPSA) is 183 Å². The molecule has 56 heavy (non-hydrogen) atoms. The number of nitrogens with one attached hydrogen (secondary N) is 1. The van der Waals surface area contributed by atoms with Crippen LogP contribution in [0.3, 0.4) is 0 Å². The van der Waals surface area contributed by atoms with Crippen molar-refractivity contribution in [3.63, 3.8) is 0 Å². The monoisotopic (exact) mass is 835 g/mol. The Bertz CT molecular complexity index is 1900. The molecule has 18 heteroatoms. The van der Waals surface area contributed by atoms with E-state index in [0.717, 1.165) is 25.0 Å². The Kier molecular flexibility index (Phi) is 14.8. The average Bonchev–Trinajstić information content (AvgIpc) is 3.45. The first-order valence-electron chi connectivity index (χ1n) is 17.7. The van der Waals surface area contributed by atoms with Gasteiger partial charge < -0.3 is 48.1 Å². The molecule has 0 bridgehead atoms. The highest BCUT2D eigenvalue weighted by Gasteiger charge is 2.52. The zero-order valence-corrected chi connectivity index (χ0v) is 33.5. The first-order valence-corrected chi connectivity index (χ1v) is 18.9. The van der Waals surface area contributed by atoms with Crippen LogP contribution in [0.15, 0.2) is 54.9 Å². The van der Waals surface area contributed by atoms with Gasteiger partial charge in [0.2, 0.25) is 0 Å². The molecule has 9 atom stereocenters. The van der Waals surface area contributed by atoms with Crippen molar-refractivity contribution >= 4 is 70.0 Å². The Labute approximate surface area is 338 Å². The van der Waals surface area contributed by atoms with Crippen LogP contribution in [0.1, 0.15) is 70.1 Å². The van der Waals surface area contributed by atoms with Gasteiger partial charge in [0.05, 0.1) is 36.7 Å². The van der Waals surface area contributed by atoms with Crippen molar-refractivity contribution in [1.29, 1.82) is 0 Å². The second-order valence-electron chi connectivity index (χ2n) is 13.4. The molecule has 0 aliphatic carbocycles. The predicted octanol–water partition coefficient (Wildman–Crippen LogP) is 5.43. The standard InChI is InChI=1S/C38H43Cl2N3O12S/c1-19-29(15-43-18-41-36(39)37(43)40)54-38(55-32(19)25-11-9-24(16-44)10-12-25)26-7-6-8-27(13-26)42-31(56)14-28-33(50-21(3)46)35(52-23(5)48)34(51-22(4)47)30(53-28)17-49-20(2)45/h6-13,18-19,28-30,32-35,38,44H,14-17H2,1-5H3,(H,42,56)/t19-,28-,29+,30+,32+,33-,34+,35+,38?/m0/s1. The number of thiocarbonyl (C=S) groups is 1. The molecule has 2 aliphatic heterocycles. The lowest BCUT2D eigenvalue weighted by atomic mass is 9.90. The summed E-state index contributed by atoms with van der Waals surface area (Å²) in [4.78, 5) is 52.7. The second-order valence-corrected chi connectivity index (χ2v) is 14.6. The number of aliphatic hydroxyl groups is 1. The SMILES string of the molecule is CC(=O)OC[C@H]1O[C@@H](CC(=S)Nc2cccc(C3O[C@H](Cn4cnc(Cl)c4Cl)[C@H](C)[C@H](c4ccc(CO)cc4)O3)c2)[C@H](OC(C)=O)[C@@H](OC(C)=O)[C@@H]1OC(C)=O. The predicted molar refractivity (Wildman–Crippen MR) is 204 cm³/mol. The maximum Gasteiger partial charge on any atom is 0.303 e. The number of rotatable bonds is 13. The highest BCUT2D eigenvalue weighted by Crippen LogP contribution is 2.43. The molecule has 0 radical (unpaired) electrons. The first-order chi connectivity index (χ1) is 26.6. The van der Waals surface area contributed by atoms with Crippen LogP contribution < -0.4 is 5.32 Å². The fraction of sp³-hybridized carbons (Fsp3) is 0.474. The summed E-state index contributed by atoms with van der Waals surface area (Å²) in [6.07, 6.45) is -6.17. The number of aliphatic hydroxyl groups excluding tert-OH is 1. The van der Waals surface area contributed by atoms with Crippen LogP contribution in [0.4, 0.5) is 5.69 Å². The molecule has 2 aromatic carbocycles. The molecule has 2 N–H and O–H groups in total. The van der Waals surface area contributed by atoms with E-state index in [-0.39, 0.29) is 40.8 Å². The number of halogens is 2. The number of carbonyl (C=O) groups excluding carboxylic acids is 4. The van der Waals surface area contributed by atoms with E-state index in [2.05, 4.69) is 10.3 Å². The van der Waals surface area contributed by atoms with Crippen molar-refractivity contribution in [3.8, 4) is 0 Å². The maximum absolute atomic E-state index is 12.3. The first kappa shape index (κ1) is 43.0. The minimum absolute atomic E-state index is 0.0607. The number of anilines is 1. The zero-order chi connectivity index (χ0) is 40.7. The van der Waals surface area contributed by atoms with Gasteiger partial charge >= 0.3 is 23.9 Å². The smallest absolute Gasteiger partial charge is 0.303 e. The van der Waals surface area contributed by atoms with E-state index in [9.17, 15) is 24.3 Å². The second kappa shape index (κ2) is 19.3. The quantitative estimate of drug-likeness (QED) is 0.126. The van der Waals surface area contributed by atoms with E-state index >= 15 is 0 Å². The number of hydrogen-bond donors (Lipinski definition) is 2. The number of benzene rings is 2. The van der Waals surface area contributed by atoms with Gasteiger partial charge in [-0.3, -0.25) is 19.2 Å². The number of hydrogen-bond acceptors (Lipinski definition) is 14. The van der Waals surface area contributed by atoms with Gasteiger partial charge in [-0.15, -0.1) is 0 Å². The minimum Gasteiger partial charge on any atom is -0.463 e. The minimum atomic E-state index is -1.32. The highest BCUT2D eigenvalue weighted by molar-refractivity contribution is 7.80. The van der Waals surface area contributed by atoms with E-state index < -0.39 is 72.9 Å². The van der Waals surface area contributed by atoms with Crippen LogP contribution in [0.2, 0.25) is 10.3 Å². The van der Waals surface area contributed by atoms with E-state index in [1.54, 1.807) is 23.0 Å². The Morgan fingerprint density at radius 1 is 0.839 bits per heavy atom. The Morgan fingerprint density at radius 3 is 2.07 bits per heavy atom. The van der Waals surface area contributed by atoms with Crippen molar-refractivity contribution in [2.24, 2.45) is 5.92 Å². The molecule has 2 fully saturated rings. The third-order valence-corrected chi connectivity index (χ3v) is 10.2. The average molecular weight is 837 g/mol. The van der Waals surface area contributed by atoms with Crippen molar-refractivity contribution in [2.45, 2.75) is 103 Å². The number of imidazole rings is 1. The fourth-order valence-corrected chi connectivity index (χ4v) is 7.23. The summed E-state index contributed by atoms with van der Waals surface area (Å²) in [6, 6.07) is 14.7. The normalized spacial score (nSPS) is 26.1. The van der Waals surface area contributed by atoms with Crippen molar-refractivity contribution in [1.82, 2.24) is 9.55 Å². The molecule has 0 amide bonds. The lowest BCUT2D eigenvalue weighted by Gasteiger charge is -2.44. The third kappa shape index (κ3) is 11.0. The van der Waals surface area contributed by atoms with Gasteiger partial charge in [0, 0.05) is 51.3 Å². The van der Waals surface area contributed by atoms with Gasteiger partial charge in [-0.2, -0.15) is 0 Å². The van der Waals surface area contributed by atoms with E-state index in [1.165, 1.54) is 13.8 Å². The number of ether oxygens (including phenoxy) is 7. The van der Waals surface area contributed by atoms with Crippen molar-refractivity contribution in [2.75, 3.05) is 11.9 Å². The molecule has 0 saturated carbocycles. The van der Waals surface area contributed by atoms with Crippen LogP contribution >= 0.6 is 35.4 Å². The summed E-state index contributed by atoms with van der Waals surface area (Å²) in [5, 5.41) is 13.2. The van der Waals surface area contributed by atoms with Crippen LogP contribution in [0.5, 0.6) is 0 Å². The largest absolute Gasteiger partial charge is 0.463 e. The van der Waals surface area contributed by atoms with Gasteiger partial charge in [0.15, 0.2) is 29.8 Å². The van der Waals surface area contributed by atoms with Crippen molar-refractivity contribution < 1.29 is 57.4 Å². The molecule has 3 heterocycles. The molecular weight excluding hydrogens is 793 g/mol. The van der Waals surface area contributed by atoms with Crippen LogP contribution in [0, 0.1) is 5.92 Å². The van der Waals surface area contributed by atoms with Crippen molar-refractivity contribution in [3.05, 3.63) is 81.9 Å². The van der Waals surface area contributed by atoms with E-state index in [4.69, 9.17) is 68.6 Å². The van der Waals surface area contributed by atoms with Gasteiger partial charge in [-0.25, -0.2) is 4.98 Å². The maximum atomic E-state index is 12.3. The molecule has 302 valence electrons. The molecule has 1 unspecified atom stereocenters. The Balaban J connectivity index is 1.39. The van der Waals surface area contributed by atoms with Crippen LogP contribution in [0.25, 0.3) is 0 Å². The van der Waals surface area contributed by atoms with Gasteiger partial charge in [0.25, 0.3) is 0 Å². The number of aromatic nitrogens is 2. The number of esters is 4. The fourth-order valence-electron chi connectivity index (χ4n) is 6.63. The highest BCUT2D eigenvalue weighted by atomic mass is 35.5. The van der Waals surface area contributed by atoms with E-state index in [0.29, 0.717) is 17.8 Å². The summed E-state index contributed by atoms with van der Waals surface area (Å²) in [7, 11) is 0. The lowest BCUT2D eigenvalue weighted by molar-refractivity contribution is -0.276. The van der Waals surface area contributed by atoms with Crippen LogP contribution in [-0.2, 0) is 65.5 Å². The van der Waals surface area contributed by atoms with Crippen LogP contribution in [-0.4, -0.2) is 86.8 Å². The molecule has 5 rings (SSSR count). The number of carbonyl (C=O) groups is 4. The lowest BCUT2D eigenvalue weighted by Crippen LogP contribution is -2.62. The molecule has 1 aromatic heterocycles. The summed E-state index contributed by atoms with van der Waals surface area (Å²) < 4.78 is 42.9. The number of nitrogens with zero attached hydrogens (tertiary/aromatic N) is 2. The summed E-state index contributed by atoms with van der Waals surface area (Å²) in [6.45, 7) is 6.58. The molecule has 3 aromatic rings. The zero-order valence-electron chi connectivity index (χ0n) is 31.2. The molecular formula is C38H43Cl2N3O12S. The summed E-state index contributed by atoms with van der Waals surface area (Å²) in [5.74, 6) is -2.96. The van der Waals surface area contributed by atoms with Gasteiger partial charge in [0.1, 0.15) is 24.0 Å². The summed E-state index contributed by atoms with van der Waals surface area (Å²) >= 11 is 18.3. The Morgan fingerprint density at radius 2 is 1.48 bits per heavy atom. The summed E-state index contributed by atoms with van der Waals surface area (Å²) in [5.41, 5.74) is 2.88. The molecule has 2 saturated heterocycles. The van der Waals surface area contributed by atoms with Gasteiger partial charge in [-0.1, -0.05) is 78.7 Å². The molecule has 0 spiro atoms. The van der Waals surface area contributed by atoms with E-state index in [1.807, 2.05) is 43.3 Å². The van der Waals surface area contributed by atoms with Gasteiger partial charge in [-0.05, 0) is 23.3 Å².